The molecule has 4 nitrogen and oxygen atoms in total. The monoisotopic (exact) mass is 389 g/mol. The zero-order chi connectivity index (χ0) is 16.4. The number of nitrogens with zero attached hydrogens (tertiary/aromatic N) is 3. The Labute approximate surface area is 147 Å². The van der Waals surface area contributed by atoms with E-state index >= 15 is 0 Å². The minimum atomic E-state index is 0.439. The first-order valence-corrected chi connectivity index (χ1v) is 8.06. The summed E-state index contributed by atoms with van der Waals surface area (Å²) < 4.78 is 2.92. The molecule has 0 unspecified atom stereocenters. The van der Waals surface area contributed by atoms with Gasteiger partial charge in [-0.05, 0) is 43.3 Å². The molecule has 1 N–H and O–H groups in total. The average Bonchev–Trinajstić information content (AvgIpc) is 3.00. The van der Waals surface area contributed by atoms with Gasteiger partial charge < -0.3 is 5.21 Å². The molecule has 0 spiro atoms. The summed E-state index contributed by atoms with van der Waals surface area (Å²) in [7, 11) is 0. The number of aromatic nitrogens is 2. The van der Waals surface area contributed by atoms with Crippen LogP contribution in [0.3, 0.4) is 0 Å². The molecule has 23 heavy (non-hydrogen) atoms. The predicted octanol–water partition coefficient (Wildman–Crippen LogP) is 5.15. The van der Waals surface area contributed by atoms with Gasteiger partial charge in [0.2, 0.25) is 0 Å². The fourth-order valence-electron chi connectivity index (χ4n) is 2.24. The number of rotatable bonds is 3. The molecule has 0 saturated heterocycles. The zero-order valence-electron chi connectivity index (χ0n) is 12.2. The lowest BCUT2D eigenvalue weighted by molar-refractivity contribution is 0.319. The maximum Gasteiger partial charge on any atom is 0.146 e. The quantitative estimate of drug-likeness (QED) is 0.382. The van der Waals surface area contributed by atoms with Gasteiger partial charge in [0.25, 0.3) is 0 Å². The average molecular weight is 391 g/mol. The number of hydrogen-bond donors (Lipinski definition) is 1. The molecular weight excluding hydrogens is 378 g/mol. The summed E-state index contributed by atoms with van der Waals surface area (Å²) in [6.07, 6.45) is 1.83. The van der Waals surface area contributed by atoms with E-state index in [2.05, 4.69) is 26.1 Å². The third-order valence-electron chi connectivity index (χ3n) is 3.45. The van der Waals surface area contributed by atoms with Crippen molar-refractivity contribution in [3.8, 4) is 17.1 Å². The topological polar surface area (TPSA) is 50.4 Å². The maximum atomic E-state index is 9.03. The lowest BCUT2D eigenvalue weighted by Gasteiger charge is -2.09. The van der Waals surface area contributed by atoms with E-state index in [1.54, 1.807) is 6.92 Å². The van der Waals surface area contributed by atoms with E-state index in [0.29, 0.717) is 22.3 Å². The first-order valence-electron chi connectivity index (χ1n) is 6.89. The van der Waals surface area contributed by atoms with Crippen LogP contribution >= 0.6 is 27.5 Å². The predicted molar refractivity (Wildman–Crippen MR) is 95.7 cm³/mol. The second-order valence-corrected chi connectivity index (χ2v) is 6.28. The molecule has 1 aromatic heterocycles. The van der Waals surface area contributed by atoms with Gasteiger partial charge in [0, 0.05) is 21.9 Å². The summed E-state index contributed by atoms with van der Waals surface area (Å²) in [5, 5.41) is 12.9. The van der Waals surface area contributed by atoms with E-state index in [1.165, 1.54) is 0 Å². The molecule has 0 fully saturated rings. The van der Waals surface area contributed by atoms with Crippen molar-refractivity contribution in [2.45, 2.75) is 6.92 Å². The van der Waals surface area contributed by atoms with Crippen molar-refractivity contribution in [2.24, 2.45) is 5.16 Å². The minimum absolute atomic E-state index is 0.439. The highest BCUT2D eigenvalue weighted by Gasteiger charge is 2.15. The summed E-state index contributed by atoms with van der Waals surface area (Å²) in [5.74, 6) is 0.691. The summed E-state index contributed by atoms with van der Waals surface area (Å²) in [4.78, 5) is 4.59. The van der Waals surface area contributed by atoms with Crippen LogP contribution < -0.4 is 0 Å². The molecule has 0 aliphatic carbocycles. The van der Waals surface area contributed by atoms with Gasteiger partial charge in [0.05, 0.1) is 5.02 Å². The number of imidazole rings is 1. The summed E-state index contributed by atoms with van der Waals surface area (Å²) in [5.41, 5.74) is 2.78. The highest BCUT2D eigenvalue weighted by atomic mass is 79.9. The number of oxime groups is 1. The fraction of sp³-hybridized carbons (Fsp3) is 0.0588. The Hall–Kier alpha value is -2.11. The second-order valence-electron chi connectivity index (χ2n) is 4.96. The maximum absolute atomic E-state index is 9.03. The van der Waals surface area contributed by atoms with Crippen LogP contribution in [0.2, 0.25) is 5.02 Å². The Balaban J connectivity index is 2.23. The van der Waals surface area contributed by atoms with Crippen LogP contribution in [0.15, 0.2) is 64.4 Å². The molecule has 0 saturated carbocycles. The molecule has 116 valence electrons. The van der Waals surface area contributed by atoms with Crippen molar-refractivity contribution in [1.29, 1.82) is 0 Å². The Morgan fingerprint density at radius 1 is 1.17 bits per heavy atom. The van der Waals surface area contributed by atoms with Gasteiger partial charge in [-0.15, -0.1) is 0 Å². The molecule has 0 radical (unpaired) electrons. The van der Waals surface area contributed by atoms with Crippen molar-refractivity contribution in [1.82, 2.24) is 9.55 Å². The standard InChI is InChI=1S/C17H13BrClN3O/c1-11(21-23)16-10-22(13-8-6-12(18)7-9-13)17(20-16)14-4-2-3-5-15(14)19/h2-10,23H,1H3/b21-11+. The Bertz CT molecular complexity index is 872. The Morgan fingerprint density at radius 2 is 1.87 bits per heavy atom. The Morgan fingerprint density at radius 3 is 2.52 bits per heavy atom. The molecule has 2 aromatic carbocycles. The van der Waals surface area contributed by atoms with Crippen molar-refractivity contribution in [3.05, 3.63) is 69.9 Å². The van der Waals surface area contributed by atoms with Gasteiger partial charge in [-0.3, -0.25) is 4.57 Å². The van der Waals surface area contributed by atoms with Gasteiger partial charge in [0.1, 0.15) is 17.2 Å². The van der Waals surface area contributed by atoms with Crippen molar-refractivity contribution in [3.63, 3.8) is 0 Å². The second kappa shape index (κ2) is 6.56. The van der Waals surface area contributed by atoms with E-state index in [4.69, 9.17) is 16.8 Å². The van der Waals surface area contributed by atoms with Crippen LogP contribution in [0.5, 0.6) is 0 Å². The van der Waals surface area contributed by atoms with Gasteiger partial charge >= 0.3 is 0 Å². The lowest BCUT2D eigenvalue weighted by atomic mass is 10.2. The minimum Gasteiger partial charge on any atom is -0.411 e. The van der Waals surface area contributed by atoms with E-state index in [-0.39, 0.29) is 0 Å². The number of benzene rings is 2. The fourth-order valence-corrected chi connectivity index (χ4v) is 2.72. The largest absolute Gasteiger partial charge is 0.411 e. The normalized spacial score (nSPS) is 11.7. The zero-order valence-corrected chi connectivity index (χ0v) is 14.6. The van der Waals surface area contributed by atoms with E-state index < -0.39 is 0 Å². The molecule has 3 aromatic rings. The molecule has 0 aliphatic rings. The van der Waals surface area contributed by atoms with Crippen LogP contribution in [0.1, 0.15) is 12.6 Å². The van der Waals surface area contributed by atoms with Crippen molar-refractivity contribution >= 4 is 33.2 Å². The van der Waals surface area contributed by atoms with Crippen molar-refractivity contribution < 1.29 is 5.21 Å². The van der Waals surface area contributed by atoms with E-state index in [1.807, 2.05) is 59.3 Å². The molecule has 0 amide bonds. The molecule has 0 atom stereocenters. The summed E-state index contributed by atoms with van der Waals surface area (Å²) in [6.45, 7) is 1.70. The van der Waals surface area contributed by atoms with E-state index in [9.17, 15) is 0 Å². The van der Waals surface area contributed by atoms with Crippen LogP contribution in [-0.2, 0) is 0 Å². The molecule has 6 heteroatoms. The van der Waals surface area contributed by atoms with Gasteiger partial charge in [-0.2, -0.15) is 0 Å². The van der Waals surface area contributed by atoms with Crippen LogP contribution in [0.25, 0.3) is 17.1 Å². The highest BCUT2D eigenvalue weighted by molar-refractivity contribution is 9.10. The summed E-state index contributed by atoms with van der Waals surface area (Å²) >= 11 is 9.76. The van der Waals surface area contributed by atoms with Crippen LogP contribution in [-0.4, -0.2) is 20.5 Å². The van der Waals surface area contributed by atoms with Gasteiger partial charge in [0.15, 0.2) is 0 Å². The molecule has 0 aliphatic heterocycles. The van der Waals surface area contributed by atoms with Gasteiger partial charge in [-0.25, -0.2) is 4.98 Å². The third-order valence-corrected chi connectivity index (χ3v) is 4.30. The van der Waals surface area contributed by atoms with E-state index in [0.717, 1.165) is 15.7 Å². The van der Waals surface area contributed by atoms with Gasteiger partial charge in [-0.1, -0.05) is 44.8 Å². The Kier molecular flexibility index (Phi) is 4.50. The molecule has 1 heterocycles. The SMILES string of the molecule is C/C(=N\O)c1cn(-c2ccc(Br)cc2)c(-c2ccccc2Cl)n1. The van der Waals surface area contributed by atoms with Crippen molar-refractivity contribution in [2.75, 3.05) is 0 Å². The summed E-state index contributed by atoms with van der Waals surface area (Å²) in [6, 6.07) is 15.4. The first-order chi connectivity index (χ1) is 11.1. The highest BCUT2D eigenvalue weighted by Crippen LogP contribution is 2.29. The molecule has 0 bridgehead atoms. The first kappa shape index (κ1) is 15.8. The number of halogens is 2. The van der Waals surface area contributed by atoms with Crippen LogP contribution in [0.4, 0.5) is 0 Å². The lowest BCUT2D eigenvalue weighted by Crippen LogP contribution is -1.96. The molecule has 3 rings (SSSR count). The smallest absolute Gasteiger partial charge is 0.146 e. The molecular formula is C17H13BrClN3O. The third kappa shape index (κ3) is 3.16. The number of hydrogen-bond acceptors (Lipinski definition) is 3. The van der Waals surface area contributed by atoms with Crippen LogP contribution in [0, 0.1) is 0 Å².